The van der Waals surface area contributed by atoms with Gasteiger partial charge in [-0.2, -0.15) is 5.26 Å². The maximum atomic E-state index is 11.9. The number of halogens is 1. The Morgan fingerprint density at radius 3 is 2.60 bits per heavy atom. The summed E-state index contributed by atoms with van der Waals surface area (Å²) in [6.45, 7) is 3.26. The minimum Gasteiger partial charge on any atom is -0.488 e. The minimum absolute atomic E-state index is 0.0214. The molecule has 3 atom stereocenters. The number of pyridine rings is 1. The van der Waals surface area contributed by atoms with Crippen molar-refractivity contribution in [3.05, 3.63) is 99.8 Å². The highest BCUT2D eigenvalue weighted by Gasteiger charge is 2.44. The Labute approximate surface area is 276 Å². The summed E-state index contributed by atoms with van der Waals surface area (Å²) in [5, 5.41) is 39.8. The average molecular weight is 658 g/mol. The van der Waals surface area contributed by atoms with E-state index in [1.54, 1.807) is 24.4 Å². The highest BCUT2D eigenvalue weighted by molar-refractivity contribution is 6.32. The summed E-state index contributed by atoms with van der Waals surface area (Å²) in [5.41, 5.74) is 5.51. The molecule has 0 radical (unpaired) electrons. The van der Waals surface area contributed by atoms with Crippen LogP contribution in [0.15, 0.2) is 67.0 Å². The van der Waals surface area contributed by atoms with Gasteiger partial charge in [-0.05, 0) is 53.4 Å². The molecule has 47 heavy (non-hydrogen) atoms. The Kier molecular flexibility index (Phi) is 9.47. The molecule has 0 amide bonds. The average Bonchev–Trinajstić information content (AvgIpc) is 3.36. The quantitative estimate of drug-likeness (QED) is 0.221. The van der Waals surface area contributed by atoms with Gasteiger partial charge < -0.3 is 34.3 Å². The molecule has 0 aliphatic carbocycles. The minimum atomic E-state index is -1.45. The van der Waals surface area contributed by atoms with E-state index in [1.807, 2.05) is 43.3 Å². The van der Waals surface area contributed by atoms with Crippen molar-refractivity contribution in [2.75, 3.05) is 19.8 Å². The number of nitrogens with zero attached hydrogens (tertiary/aromatic N) is 3. The van der Waals surface area contributed by atoms with E-state index in [0.717, 1.165) is 28.0 Å². The molecule has 3 unspecified atom stereocenters. The van der Waals surface area contributed by atoms with Gasteiger partial charge in [0.05, 0.1) is 16.7 Å². The molecule has 1 fully saturated rings. The number of carbonyl (C=O) groups is 1. The molecule has 3 aromatic carbocycles. The lowest BCUT2D eigenvalue weighted by atomic mass is 9.96. The first-order valence-corrected chi connectivity index (χ1v) is 15.3. The van der Waals surface area contributed by atoms with Gasteiger partial charge in [0.15, 0.2) is 11.5 Å². The Balaban J connectivity index is 1.26. The summed E-state index contributed by atoms with van der Waals surface area (Å²) in [4.78, 5) is 17.5. The van der Waals surface area contributed by atoms with Crippen molar-refractivity contribution in [2.45, 2.75) is 44.9 Å². The lowest BCUT2D eigenvalue weighted by Crippen LogP contribution is -2.42. The van der Waals surface area contributed by atoms with Crippen LogP contribution in [-0.2, 0) is 24.6 Å². The van der Waals surface area contributed by atoms with E-state index in [9.17, 15) is 25.4 Å². The number of hydrogen-bond acceptors (Lipinski definition) is 10. The molecule has 2 aliphatic heterocycles. The molecule has 0 saturated carbocycles. The van der Waals surface area contributed by atoms with Crippen molar-refractivity contribution in [2.24, 2.45) is 0 Å². The van der Waals surface area contributed by atoms with Crippen molar-refractivity contribution >= 4 is 17.6 Å². The smallest absolute Gasteiger partial charge is 0.323 e. The van der Waals surface area contributed by atoms with Crippen LogP contribution in [0.5, 0.6) is 23.0 Å². The van der Waals surface area contributed by atoms with Crippen LogP contribution in [0.4, 0.5) is 0 Å². The lowest BCUT2D eigenvalue weighted by molar-refractivity contribution is -0.145. The highest BCUT2D eigenvalue weighted by Crippen LogP contribution is 2.38. The zero-order valence-electron chi connectivity index (χ0n) is 25.4. The predicted octanol–water partition coefficient (Wildman–Crippen LogP) is 4.50. The molecule has 4 aromatic rings. The summed E-state index contributed by atoms with van der Waals surface area (Å²) in [5.74, 6) is 0.869. The summed E-state index contributed by atoms with van der Waals surface area (Å²) in [7, 11) is 0. The van der Waals surface area contributed by atoms with Crippen molar-refractivity contribution in [3.63, 3.8) is 0 Å². The molecule has 2 aliphatic rings. The van der Waals surface area contributed by atoms with Gasteiger partial charge in [0.2, 0.25) is 0 Å². The Hall–Kier alpha value is -4.86. The number of aliphatic hydroxyl groups excluding tert-OH is 2. The fraction of sp³-hybridized carbons (Fsp3) is 0.286. The highest BCUT2D eigenvalue weighted by atomic mass is 35.5. The molecule has 3 heterocycles. The lowest BCUT2D eigenvalue weighted by Gasteiger charge is -2.24. The van der Waals surface area contributed by atoms with Gasteiger partial charge in [0.25, 0.3) is 0 Å². The van der Waals surface area contributed by atoms with E-state index in [2.05, 4.69) is 11.1 Å². The normalized spacial score (nSPS) is 18.8. The fourth-order valence-electron chi connectivity index (χ4n) is 5.82. The third-order valence-corrected chi connectivity index (χ3v) is 8.57. The number of carboxylic acids is 1. The van der Waals surface area contributed by atoms with Crippen molar-refractivity contribution < 1.29 is 39.1 Å². The van der Waals surface area contributed by atoms with Gasteiger partial charge in [-0.1, -0.05) is 35.9 Å². The Morgan fingerprint density at radius 2 is 1.81 bits per heavy atom. The number of carboxylic acid groups (broad SMARTS) is 1. The molecular formula is C35H32ClN3O8. The van der Waals surface area contributed by atoms with Crippen LogP contribution in [0.25, 0.3) is 11.1 Å². The number of benzene rings is 3. The van der Waals surface area contributed by atoms with Crippen molar-refractivity contribution in [1.82, 2.24) is 9.88 Å². The molecule has 3 N–H and O–H groups in total. The van der Waals surface area contributed by atoms with Gasteiger partial charge in [0, 0.05) is 42.7 Å². The third-order valence-electron chi connectivity index (χ3n) is 8.27. The first-order chi connectivity index (χ1) is 22.7. The number of rotatable bonds is 10. The number of fused-ring (bicyclic) bond motifs is 1. The molecule has 12 heteroatoms. The number of aromatic nitrogens is 1. The molecule has 0 spiro atoms. The van der Waals surface area contributed by atoms with Crippen LogP contribution in [0.3, 0.4) is 0 Å². The second kappa shape index (κ2) is 13.9. The van der Waals surface area contributed by atoms with Crippen LogP contribution in [-0.4, -0.2) is 69.2 Å². The summed E-state index contributed by atoms with van der Waals surface area (Å²) >= 11 is 6.71. The van der Waals surface area contributed by atoms with Crippen LogP contribution < -0.4 is 18.9 Å². The van der Waals surface area contributed by atoms with Crippen LogP contribution >= 0.6 is 11.6 Å². The predicted molar refractivity (Wildman–Crippen MR) is 171 cm³/mol. The largest absolute Gasteiger partial charge is 0.488 e. The van der Waals surface area contributed by atoms with E-state index >= 15 is 0 Å². The van der Waals surface area contributed by atoms with Crippen molar-refractivity contribution in [1.29, 1.82) is 5.26 Å². The molecule has 1 aromatic heterocycles. The van der Waals surface area contributed by atoms with E-state index in [1.165, 1.54) is 11.1 Å². The molecule has 11 nitrogen and oxygen atoms in total. The van der Waals surface area contributed by atoms with Gasteiger partial charge in [0.1, 0.15) is 56.1 Å². The zero-order valence-corrected chi connectivity index (χ0v) is 26.2. The molecule has 1 saturated heterocycles. The van der Waals surface area contributed by atoms with Crippen LogP contribution in [0, 0.1) is 18.3 Å². The summed E-state index contributed by atoms with van der Waals surface area (Å²) in [6, 6.07) is 17.5. The zero-order chi connectivity index (χ0) is 33.1. The Bertz CT molecular complexity index is 1840. The number of hydrogen-bond donors (Lipinski definition) is 3. The van der Waals surface area contributed by atoms with E-state index in [4.69, 9.17) is 30.5 Å². The van der Waals surface area contributed by atoms with Crippen molar-refractivity contribution in [3.8, 4) is 40.2 Å². The summed E-state index contributed by atoms with van der Waals surface area (Å²) < 4.78 is 23.8. The molecule has 6 rings (SSSR count). The SMILES string of the molecule is Cc1c(COc2cc(OCc3cncc(C#N)c3)c(CN3CC(O)C(O)C3C(=O)O)cc2Cl)cccc1-c1ccc2c(c1)OCCO2. The van der Waals surface area contributed by atoms with Gasteiger partial charge >= 0.3 is 5.97 Å². The number of aliphatic hydroxyl groups is 2. The molecular weight excluding hydrogens is 626 g/mol. The number of aliphatic carboxylic acids is 1. The van der Waals surface area contributed by atoms with Crippen LogP contribution in [0.1, 0.15) is 27.8 Å². The summed E-state index contributed by atoms with van der Waals surface area (Å²) in [6.07, 6.45) is 0.360. The Morgan fingerprint density at radius 1 is 1.02 bits per heavy atom. The maximum Gasteiger partial charge on any atom is 0.323 e. The monoisotopic (exact) mass is 657 g/mol. The first kappa shape index (κ1) is 32.1. The second-order valence-electron chi connectivity index (χ2n) is 11.4. The molecule has 0 bridgehead atoms. The topological polar surface area (TPSA) is 155 Å². The standard InChI is InChI=1S/C35H32ClN3O8/c1-20-24(3-2-4-26(20)23-5-6-29-32(11-23)45-8-7-44-29)19-47-31-12-30(46-18-22-9-21(13-37)14-38-15-22)25(10-27(31)36)16-39-17-28(40)34(41)33(39)35(42)43/h2-6,9-12,14-15,28,33-34,40-41H,7-8,16-19H2,1H3,(H,42,43). The molecule has 242 valence electrons. The number of likely N-dealkylation sites (tertiary alicyclic amines) is 1. The second-order valence-corrected chi connectivity index (χ2v) is 11.8. The first-order valence-electron chi connectivity index (χ1n) is 15.0. The number of ether oxygens (including phenoxy) is 4. The van der Waals surface area contributed by atoms with Crippen LogP contribution in [0.2, 0.25) is 5.02 Å². The van der Waals surface area contributed by atoms with E-state index in [-0.39, 0.29) is 31.3 Å². The fourth-order valence-corrected chi connectivity index (χ4v) is 6.07. The van der Waals surface area contributed by atoms with E-state index < -0.39 is 24.2 Å². The third kappa shape index (κ3) is 6.96. The number of nitriles is 1. The van der Waals surface area contributed by atoms with Gasteiger partial charge in [-0.25, -0.2) is 0 Å². The van der Waals surface area contributed by atoms with E-state index in [0.29, 0.717) is 47.2 Å². The van der Waals surface area contributed by atoms with Gasteiger partial charge in [-0.3, -0.25) is 14.7 Å². The van der Waals surface area contributed by atoms with Gasteiger partial charge in [-0.15, -0.1) is 0 Å². The maximum absolute atomic E-state index is 11.9. The number of β-amino-alcohol motifs (C(OH)–C–C–N with tert-alkyl or cyclic N) is 1.